The second kappa shape index (κ2) is 4.08. The molecule has 0 unspecified atom stereocenters. The van der Waals surface area contributed by atoms with Crippen LogP contribution in [0.15, 0.2) is 29.0 Å². The molecule has 0 bridgehead atoms. The molecular weight excluding hydrogens is 237 g/mol. The number of alkyl halides is 3. The molecule has 0 spiro atoms. The molecule has 1 N–H and O–H groups in total. The molecule has 1 aromatic heterocycles. The number of oxazole rings is 1. The van der Waals surface area contributed by atoms with Crippen LogP contribution in [0.3, 0.4) is 0 Å². The lowest BCUT2D eigenvalue weighted by atomic mass is 10.2. The average molecular weight is 244 g/mol. The van der Waals surface area contributed by atoms with E-state index in [0.717, 1.165) is 0 Å². The zero-order chi connectivity index (χ0) is 12.5. The normalized spacial score (nSPS) is 11.7. The lowest BCUT2D eigenvalue weighted by Crippen LogP contribution is -2.36. The van der Waals surface area contributed by atoms with Gasteiger partial charge in [-0.2, -0.15) is 13.2 Å². The molecule has 0 aliphatic carbocycles. The molecule has 90 valence electrons. The van der Waals surface area contributed by atoms with E-state index in [1.54, 1.807) is 17.4 Å². The molecule has 17 heavy (non-hydrogen) atoms. The Kier molecular flexibility index (Phi) is 2.74. The third-order valence-corrected chi connectivity index (χ3v) is 2.11. The predicted octanol–water partition coefficient (Wildman–Crippen LogP) is 2.01. The maximum absolute atomic E-state index is 11.9. The van der Waals surface area contributed by atoms with Gasteiger partial charge in [-0.15, -0.1) is 0 Å². The summed E-state index contributed by atoms with van der Waals surface area (Å²) in [4.78, 5) is 14.4. The second-order valence-electron chi connectivity index (χ2n) is 3.33. The van der Waals surface area contributed by atoms with Gasteiger partial charge < -0.3 is 9.73 Å². The molecule has 2 aromatic rings. The van der Waals surface area contributed by atoms with Gasteiger partial charge in [0, 0.05) is 6.54 Å². The molecule has 0 fully saturated rings. The number of nitrogens with zero attached hydrogens (tertiary/aromatic N) is 1. The van der Waals surface area contributed by atoms with E-state index in [2.05, 4.69) is 4.98 Å². The van der Waals surface area contributed by atoms with Crippen molar-refractivity contribution in [3.8, 4) is 0 Å². The summed E-state index contributed by atoms with van der Waals surface area (Å²) in [5, 5.41) is 1.77. The second-order valence-corrected chi connectivity index (χ2v) is 3.33. The Morgan fingerprint density at radius 3 is 2.88 bits per heavy atom. The minimum Gasteiger partial charge on any atom is -0.443 e. The van der Waals surface area contributed by atoms with Crippen LogP contribution in [0.4, 0.5) is 13.2 Å². The quantitative estimate of drug-likeness (QED) is 0.879. The number of aromatic nitrogens is 1. The van der Waals surface area contributed by atoms with Gasteiger partial charge in [0.25, 0.3) is 0 Å². The van der Waals surface area contributed by atoms with Crippen molar-refractivity contribution in [2.24, 2.45) is 0 Å². The highest BCUT2D eigenvalue weighted by atomic mass is 19.4. The average Bonchev–Trinajstić information content (AvgIpc) is 2.71. The summed E-state index contributed by atoms with van der Waals surface area (Å²) in [6, 6.07) is 4.70. The molecule has 1 heterocycles. The van der Waals surface area contributed by atoms with Crippen molar-refractivity contribution in [1.29, 1.82) is 0 Å². The molecule has 0 saturated carbocycles. The Hall–Kier alpha value is -2.05. The van der Waals surface area contributed by atoms with Crippen LogP contribution in [0, 0.1) is 0 Å². The minimum absolute atomic E-state index is 0.213. The van der Waals surface area contributed by atoms with Gasteiger partial charge in [-0.05, 0) is 17.7 Å². The number of amides is 1. The summed E-state index contributed by atoms with van der Waals surface area (Å²) >= 11 is 0. The van der Waals surface area contributed by atoms with E-state index in [-0.39, 0.29) is 6.54 Å². The van der Waals surface area contributed by atoms with Gasteiger partial charge in [0.05, 0.1) is 0 Å². The van der Waals surface area contributed by atoms with Crippen LogP contribution in [0.25, 0.3) is 11.1 Å². The first-order valence-corrected chi connectivity index (χ1v) is 4.64. The fraction of sp³-hybridized carbons (Fsp3) is 0.200. The van der Waals surface area contributed by atoms with E-state index in [9.17, 15) is 18.0 Å². The fourth-order valence-corrected chi connectivity index (χ4v) is 1.29. The molecular formula is C10H7F3N2O2. The van der Waals surface area contributed by atoms with Crippen LogP contribution in [0.2, 0.25) is 0 Å². The molecule has 4 nitrogen and oxygen atoms in total. The SMILES string of the molecule is O=C(NCc1ccc2ncoc2c1)C(F)(F)F. The first-order valence-electron chi connectivity index (χ1n) is 4.64. The molecule has 0 aliphatic rings. The number of carbonyl (C=O) groups is 1. The number of rotatable bonds is 2. The van der Waals surface area contributed by atoms with E-state index in [4.69, 9.17) is 4.42 Å². The van der Waals surface area contributed by atoms with Crippen LogP contribution in [-0.2, 0) is 11.3 Å². The molecule has 7 heteroatoms. The highest BCUT2D eigenvalue weighted by molar-refractivity contribution is 5.81. The lowest BCUT2D eigenvalue weighted by Gasteiger charge is -2.07. The zero-order valence-corrected chi connectivity index (χ0v) is 8.41. The van der Waals surface area contributed by atoms with Crippen LogP contribution in [0.1, 0.15) is 5.56 Å². The summed E-state index contributed by atoms with van der Waals surface area (Å²) in [5.41, 5.74) is 1.58. The first-order chi connectivity index (χ1) is 7.97. The van der Waals surface area contributed by atoms with Crippen LogP contribution in [-0.4, -0.2) is 17.1 Å². The van der Waals surface area contributed by atoms with Crippen molar-refractivity contribution in [2.45, 2.75) is 12.7 Å². The monoisotopic (exact) mass is 244 g/mol. The third kappa shape index (κ3) is 2.55. The van der Waals surface area contributed by atoms with Crippen LogP contribution in [0.5, 0.6) is 0 Å². The van der Waals surface area contributed by atoms with Gasteiger partial charge in [0.1, 0.15) is 5.52 Å². The highest BCUT2D eigenvalue weighted by Gasteiger charge is 2.38. The molecule has 1 aromatic carbocycles. The van der Waals surface area contributed by atoms with Gasteiger partial charge in [0.15, 0.2) is 12.0 Å². The number of fused-ring (bicyclic) bond motifs is 1. The van der Waals surface area contributed by atoms with E-state index < -0.39 is 12.1 Å². The highest BCUT2D eigenvalue weighted by Crippen LogP contribution is 2.16. The fourth-order valence-electron chi connectivity index (χ4n) is 1.29. The van der Waals surface area contributed by atoms with E-state index in [0.29, 0.717) is 16.7 Å². The smallest absolute Gasteiger partial charge is 0.443 e. The Morgan fingerprint density at radius 1 is 1.41 bits per heavy atom. The number of carbonyl (C=O) groups excluding carboxylic acids is 1. The first kappa shape index (κ1) is 11.4. The van der Waals surface area contributed by atoms with Crippen molar-refractivity contribution in [2.75, 3.05) is 0 Å². The van der Waals surface area contributed by atoms with E-state index >= 15 is 0 Å². The summed E-state index contributed by atoms with van der Waals surface area (Å²) in [5.74, 6) is -1.96. The molecule has 0 aliphatic heterocycles. The Balaban J connectivity index is 2.06. The number of hydrogen-bond acceptors (Lipinski definition) is 3. The predicted molar refractivity (Wildman–Crippen MR) is 51.9 cm³/mol. The maximum atomic E-state index is 11.9. The summed E-state index contributed by atoms with van der Waals surface area (Å²) < 4.78 is 40.7. The van der Waals surface area contributed by atoms with Crippen LogP contribution < -0.4 is 5.32 Å². The Morgan fingerprint density at radius 2 is 2.18 bits per heavy atom. The lowest BCUT2D eigenvalue weighted by molar-refractivity contribution is -0.173. The standard InChI is InChI=1S/C10H7F3N2O2/c11-10(12,13)9(16)14-4-6-1-2-7-8(3-6)17-5-15-7/h1-3,5H,4H2,(H,14,16). The van der Waals surface area contributed by atoms with Crippen LogP contribution >= 0.6 is 0 Å². The molecule has 0 radical (unpaired) electrons. The number of hydrogen-bond donors (Lipinski definition) is 1. The van der Waals surface area contributed by atoms with Gasteiger partial charge in [-0.1, -0.05) is 6.07 Å². The Labute approximate surface area is 93.4 Å². The summed E-state index contributed by atoms with van der Waals surface area (Å²) in [6.07, 6.45) is -3.63. The largest absolute Gasteiger partial charge is 0.471 e. The number of halogens is 3. The van der Waals surface area contributed by atoms with E-state index in [1.165, 1.54) is 12.5 Å². The molecule has 0 atom stereocenters. The molecule has 1 amide bonds. The van der Waals surface area contributed by atoms with Crippen molar-refractivity contribution < 1.29 is 22.4 Å². The molecule has 2 rings (SSSR count). The van der Waals surface area contributed by atoms with Gasteiger partial charge in [-0.25, -0.2) is 4.98 Å². The zero-order valence-electron chi connectivity index (χ0n) is 8.41. The van der Waals surface area contributed by atoms with Gasteiger partial charge in [-0.3, -0.25) is 4.79 Å². The van der Waals surface area contributed by atoms with Crippen molar-refractivity contribution in [1.82, 2.24) is 10.3 Å². The Bertz CT molecular complexity index is 548. The third-order valence-electron chi connectivity index (χ3n) is 2.11. The van der Waals surface area contributed by atoms with Gasteiger partial charge in [0.2, 0.25) is 0 Å². The van der Waals surface area contributed by atoms with E-state index in [1.807, 2.05) is 0 Å². The van der Waals surface area contributed by atoms with Crippen molar-refractivity contribution in [3.63, 3.8) is 0 Å². The van der Waals surface area contributed by atoms with Crippen molar-refractivity contribution >= 4 is 17.0 Å². The number of nitrogens with one attached hydrogen (secondary N) is 1. The van der Waals surface area contributed by atoms with Gasteiger partial charge >= 0.3 is 12.1 Å². The summed E-state index contributed by atoms with van der Waals surface area (Å²) in [6.45, 7) is -0.213. The summed E-state index contributed by atoms with van der Waals surface area (Å²) in [7, 11) is 0. The van der Waals surface area contributed by atoms with Crippen molar-refractivity contribution in [3.05, 3.63) is 30.2 Å². The number of benzene rings is 1. The topological polar surface area (TPSA) is 55.1 Å². The maximum Gasteiger partial charge on any atom is 0.471 e. The minimum atomic E-state index is -4.86. The molecule has 0 saturated heterocycles.